The molecule has 0 aliphatic carbocycles. The van der Waals surface area contributed by atoms with E-state index in [1.54, 1.807) is 0 Å². The van der Waals surface area contributed by atoms with Gasteiger partial charge in [0.05, 0.1) is 0 Å². The van der Waals surface area contributed by atoms with Crippen LogP contribution in [0.25, 0.3) is 11.1 Å². The van der Waals surface area contributed by atoms with Gasteiger partial charge in [-0.15, -0.1) is 0 Å². The summed E-state index contributed by atoms with van der Waals surface area (Å²) < 4.78 is 5.25. The molecule has 3 rings (SSSR count). The van der Waals surface area contributed by atoms with Crippen molar-refractivity contribution in [1.29, 1.82) is 0 Å². The number of hydrogen-bond acceptors (Lipinski definition) is 2. The van der Waals surface area contributed by atoms with Crippen molar-refractivity contribution in [2.24, 2.45) is 0 Å². The van der Waals surface area contributed by atoms with Gasteiger partial charge in [0.25, 0.3) is 0 Å². The maximum absolute atomic E-state index is 11.1. The zero-order valence-corrected chi connectivity index (χ0v) is 10.0. The van der Waals surface area contributed by atoms with E-state index in [9.17, 15) is 4.79 Å². The Balaban J connectivity index is 1.83. The summed E-state index contributed by atoms with van der Waals surface area (Å²) in [6.45, 7) is 0. The minimum atomic E-state index is -0.0906. The summed E-state index contributed by atoms with van der Waals surface area (Å²) in [5.41, 5.74) is 3.47. The van der Waals surface area contributed by atoms with Crippen molar-refractivity contribution >= 4 is 5.97 Å². The van der Waals surface area contributed by atoms with Crippen LogP contribution < -0.4 is 0 Å². The zero-order valence-electron chi connectivity index (χ0n) is 10.0. The van der Waals surface area contributed by atoms with Gasteiger partial charge in [0.1, 0.15) is 6.10 Å². The first-order valence-corrected chi connectivity index (χ1v) is 6.18. The van der Waals surface area contributed by atoms with Crippen LogP contribution in [0, 0.1) is 0 Å². The molecular weight excluding hydrogens is 224 g/mol. The van der Waals surface area contributed by atoms with Crippen LogP contribution in [-0.4, -0.2) is 5.97 Å². The van der Waals surface area contributed by atoms with E-state index < -0.39 is 0 Å². The highest BCUT2D eigenvalue weighted by Crippen LogP contribution is 2.30. The molecule has 1 aliphatic heterocycles. The second kappa shape index (κ2) is 4.65. The average Bonchev–Trinajstić information content (AvgIpc) is 2.87. The second-order valence-corrected chi connectivity index (χ2v) is 4.51. The normalized spacial score (nSPS) is 18.7. The number of rotatable bonds is 2. The lowest BCUT2D eigenvalue weighted by atomic mass is 10.0. The van der Waals surface area contributed by atoms with Gasteiger partial charge in [0, 0.05) is 6.42 Å². The van der Waals surface area contributed by atoms with Crippen LogP contribution in [0.3, 0.4) is 0 Å². The van der Waals surface area contributed by atoms with E-state index in [-0.39, 0.29) is 12.1 Å². The molecule has 90 valence electrons. The van der Waals surface area contributed by atoms with Crippen molar-refractivity contribution < 1.29 is 9.53 Å². The van der Waals surface area contributed by atoms with Gasteiger partial charge in [-0.2, -0.15) is 0 Å². The first-order valence-electron chi connectivity index (χ1n) is 6.18. The standard InChI is InChI=1S/C16H14O2/c17-16-11-10-15(18-16)14-8-6-13(7-9-14)12-4-2-1-3-5-12/h1-9,15H,10-11H2/t15-/m0/s1. The van der Waals surface area contributed by atoms with Gasteiger partial charge < -0.3 is 4.74 Å². The molecule has 0 radical (unpaired) electrons. The number of cyclic esters (lactones) is 1. The van der Waals surface area contributed by atoms with E-state index in [2.05, 4.69) is 24.3 Å². The van der Waals surface area contributed by atoms with Crippen LogP contribution in [0.2, 0.25) is 0 Å². The van der Waals surface area contributed by atoms with E-state index in [0.29, 0.717) is 6.42 Å². The van der Waals surface area contributed by atoms with Crippen molar-refractivity contribution in [3.63, 3.8) is 0 Å². The monoisotopic (exact) mass is 238 g/mol. The molecule has 1 saturated heterocycles. The predicted octanol–water partition coefficient (Wildman–Crippen LogP) is 3.73. The van der Waals surface area contributed by atoms with Gasteiger partial charge >= 0.3 is 5.97 Å². The highest BCUT2D eigenvalue weighted by atomic mass is 16.5. The Morgan fingerprint density at radius 3 is 2.17 bits per heavy atom. The molecule has 0 amide bonds. The minimum Gasteiger partial charge on any atom is -0.457 e. The largest absolute Gasteiger partial charge is 0.457 e. The number of ether oxygens (including phenoxy) is 1. The van der Waals surface area contributed by atoms with Crippen LogP contribution in [0.4, 0.5) is 0 Å². The van der Waals surface area contributed by atoms with Crippen molar-refractivity contribution in [1.82, 2.24) is 0 Å². The smallest absolute Gasteiger partial charge is 0.306 e. The summed E-state index contributed by atoms with van der Waals surface area (Å²) in [5.74, 6) is -0.0906. The van der Waals surface area contributed by atoms with Crippen LogP contribution in [0.1, 0.15) is 24.5 Å². The summed E-state index contributed by atoms with van der Waals surface area (Å²) in [6, 6.07) is 18.5. The van der Waals surface area contributed by atoms with Crippen LogP contribution in [0.15, 0.2) is 54.6 Å². The summed E-state index contributed by atoms with van der Waals surface area (Å²) in [5, 5.41) is 0. The molecular formula is C16H14O2. The molecule has 0 bridgehead atoms. The minimum absolute atomic E-state index is 0.0534. The highest BCUT2D eigenvalue weighted by Gasteiger charge is 2.24. The molecule has 18 heavy (non-hydrogen) atoms. The Labute approximate surface area is 106 Å². The van der Waals surface area contributed by atoms with E-state index in [1.165, 1.54) is 11.1 Å². The number of carbonyl (C=O) groups excluding carboxylic acids is 1. The summed E-state index contributed by atoms with van der Waals surface area (Å²) in [4.78, 5) is 11.1. The van der Waals surface area contributed by atoms with Crippen molar-refractivity contribution in [2.45, 2.75) is 18.9 Å². The Morgan fingerprint density at radius 2 is 1.56 bits per heavy atom. The third-order valence-electron chi connectivity index (χ3n) is 3.27. The van der Waals surface area contributed by atoms with Crippen molar-refractivity contribution in [3.05, 3.63) is 60.2 Å². The summed E-state index contributed by atoms with van der Waals surface area (Å²) >= 11 is 0. The van der Waals surface area contributed by atoms with E-state index in [4.69, 9.17) is 4.74 Å². The molecule has 0 saturated carbocycles. The number of benzene rings is 2. The quantitative estimate of drug-likeness (QED) is 0.745. The highest BCUT2D eigenvalue weighted by molar-refractivity contribution is 5.72. The van der Waals surface area contributed by atoms with E-state index >= 15 is 0 Å². The third kappa shape index (κ3) is 2.14. The van der Waals surface area contributed by atoms with Crippen LogP contribution >= 0.6 is 0 Å². The molecule has 1 fully saturated rings. The molecule has 2 aromatic carbocycles. The maximum atomic E-state index is 11.1. The number of esters is 1. The van der Waals surface area contributed by atoms with Gasteiger partial charge in [0.15, 0.2) is 0 Å². The molecule has 0 aromatic heterocycles. The lowest BCUT2D eigenvalue weighted by Crippen LogP contribution is -1.98. The van der Waals surface area contributed by atoms with E-state index in [1.807, 2.05) is 30.3 Å². The van der Waals surface area contributed by atoms with Gasteiger partial charge in [-0.1, -0.05) is 54.6 Å². The Bertz CT molecular complexity index is 543. The Morgan fingerprint density at radius 1 is 0.889 bits per heavy atom. The fraction of sp³-hybridized carbons (Fsp3) is 0.188. The average molecular weight is 238 g/mol. The molecule has 0 unspecified atom stereocenters. The van der Waals surface area contributed by atoms with Crippen LogP contribution in [0.5, 0.6) is 0 Å². The molecule has 2 heteroatoms. The lowest BCUT2D eigenvalue weighted by molar-refractivity contribution is -0.141. The van der Waals surface area contributed by atoms with E-state index in [0.717, 1.165) is 12.0 Å². The summed E-state index contributed by atoms with van der Waals surface area (Å²) in [7, 11) is 0. The van der Waals surface area contributed by atoms with Gasteiger partial charge in [0.2, 0.25) is 0 Å². The first kappa shape index (κ1) is 11.0. The van der Waals surface area contributed by atoms with Crippen molar-refractivity contribution in [3.8, 4) is 11.1 Å². The molecule has 0 N–H and O–H groups in total. The van der Waals surface area contributed by atoms with Gasteiger partial charge in [-0.3, -0.25) is 4.79 Å². The summed E-state index contributed by atoms with van der Waals surface area (Å²) in [6.07, 6.45) is 1.27. The molecule has 1 aliphatic rings. The molecule has 1 heterocycles. The fourth-order valence-corrected chi connectivity index (χ4v) is 2.28. The maximum Gasteiger partial charge on any atom is 0.306 e. The topological polar surface area (TPSA) is 26.3 Å². The van der Waals surface area contributed by atoms with Crippen LogP contribution in [-0.2, 0) is 9.53 Å². The Kier molecular flexibility index (Phi) is 2.85. The Hall–Kier alpha value is -2.09. The molecule has 2 nitrogen and oxygen atoms in total. The third-order valence-corrected chi connectivity index (χ3v) is 3.27. The number of carbonyl (C=O) groups is 1. The predicted molar refractivity (Wildman–Crippen MR) is 69.9 cm³/mol. The fourth-order valence-electron chi connectivity index (χ4n) is 2.28. The molecule has 1 atom stereocenters. The zero-order chi connectivity index (χ0) is 12.4. The lowest BCUT2D eigenvalue weighted by Gasteiger charge is -2.10. The van der Waals surface area contributed by atoms with Gasteiger partial charge in [-0.05, 0) is 23.1 Å². The second-order valence-electron chi connectivity index (χ2n) is 4.51. The number of hydrogen-bond donors (Lipinski definition) is 0. The van der Waals surface area contributed by atoms with Crippen molar-refractivity contribution in [2.75, 3.05) is 0 Å². The first-order chi connectivity index (χ1) is 8.83. The molecule has 0 spiro atoms. The SMILES string of the molecule is O=C1CC[C@@H](c2ccc(-c3ccccc3)cc2)O1. The van der Waals surface area contributed by atoms with Gasteiger partial charge in [-0.25, -0.2) is 0 Å². The molecule has 2 aromatic rings.